The van der Waals surface area contributed by atoms with Crippen molar-refractivity contribution in [1.29, 1.82) is 0 Å². The quantitative estimate of drug-likeness (QED) is 0.866. The van der Waals surface area contributed by atoms with E-state index < -0.39 is 11.9 Å². The highest BCUT2D eigenvalue weighted by Crippen LogP contribution is 2.22. The van der Waals surface area contributed by atoms with Crippen molar-refractivity contribution in [2.75, 3.05) is 18.0 Å². The molecule has 0 aliphatic rings. The Kier molecular flexibility index (Phi) is 4.51. The lowest BCUT2D eigenvalue weighted by Gasteiger charge is -2.21. The molecule has 1 aromatic carbocycles. The minimum atomic E-state index is -1.06. The van der Waals surface area contributed by atoms with E-state index in [2.05, 4.69) is 15.9 Å². The summed E-state index contributed by atoms with van der Waals surface area (Å²) in [6.07, 6.45) is 0. The predicted molar refractivity (Wildman–Crippen MR) is 66.4 cm³/mol. The molecule has 1 aromatic rings. The van der Waals surface area contributed by atoms with Crippen molar-refractivity contribution >= 4 is 33.6 Å². The van der Waals surface area contributed by atoms with Crippen LogP contribution in [-0.2, 0) is 9.59 Å². The van der Waals surface area contributed by atoms with E-state index >= 15 is 0 Å². The molecule has 0 atom stereocenters. The second-order valence-corrected chi connectivity index (χ2v) is 4.43. The molecule has 0 bridgehead atoms. The lowest BCUT2D eigenvalue weighted by Crippen LogP contribution is -2.34. The number of aryl methyl sites for hydroxylation is 1. The molecule has 1 rings (SSSR count). The zero-order valence-corrected chi connectivity index (χ0v) is 10.8. The fourth-order valence-electron chi connectivity index (χ4n) is 1.39. The van der Waals surface area contributed by atoms with Gasteiger partial charge in [-0.1, -0.05) is 15.9 Å². The van der Waals surface area contributed by atoms with Crippen molar-refractivity contribution in [3.63, 3.8) is 0 Å². The van der Waals surface area contributed by atoms with Gasteiger partial charge in [-0.15, -0.1) is 0 Å². The molecule has 0 aliphatic heterocycles. The molecule has 0 saturated heterocycles. The first-order valence-electron chi connectivity index (χ1n) is 4.85. The Balaban J connectivity index is 2.98. The molecule has 6 heteroatoms. The van der Waals surface area contributed by atoms with Crippen LogP contribution in [-0.4, -0.2) is 35.2 Å². The first kappa shape index (κ1) is 13.5. The van der Waals surface area contributed by atoms with Crippen LogP contribution in [0.4, 0.5) is 5.69 Å². The molecule has 0 aromatic heterocycles. The minimum Gasteiger partial charge on any atom is -0.480 e. The predicted octanol–water partition coefficient (Wildman–Crippen LogP) is 1.73. The van der Waals surface area contributed by atoms with Crippen molar-refractivity contribution < 1.29 is 19.8 Å². The third kappa shape index (κ3) is 4.07. The Morgan fingerprint density at radius 1 is 1.24 bits per heavy atom. The van der Waals surface area contributed by atoms with Gasteiger partial charge >= 0.3 is 11.9 Å². The average Bonchev–Trinajstić information content (AvgIpc) is 2.19. The van der Waals surface area contributed by atoms with E-state index in [1.807, 2.05) is 6.92 Å². The van der Waals surface area contributed by atoms with Crippen LogP contribution in [0.15, 0.2) is 22.7 Å². The van der Waals surface area contributed by atoms with Gasteiger partial charge in [0.15, 0.2) is 0 Å². The molecule has 2 N–H and O–H groups in total. The summed E-state index contributed by atoms with van der Waals surface area (Å²) in [5.74, 6) is -2.13. The van der Waals surface area contributed by atoms with Crippen LogP contribution in [0.5, 0.6) is 0 Å². The monoisotopic (exact) mass is 301 g/mol. The van der Waals surface area contributed by atoms with E-state index in [1.165, 1.54) is 4.90 Å². The highest BCUT2D eigenvalue weighted by molar-refractivity contribution is 9.10. The third-order valence-electron chi connectivity index (χ3n) is 2.16. The molecule has 0 fully saturated rings. The summed E-state index contributed by atoms with van der Waals surface area (Å²) in [5, 5.41) is 17.5. The van der Waals surface area contributed by atoms with Gasteiger partial charge in [0.05, 0.1) is 0 Å². The topological polar surface area (TPSA) is 77.8 Å². The van der Waals surface area contributed by atoms with Crippen LogP contribution in [0.3, 0.4) is 0 Å². The molecule has 0 spiro atoms. The highest BCUT2D eigenvalue weighted by Gasteiger charge is 2.14. The van der Waals surface area contributed by atoms with Crippen LogP contribution < -0.4 is 4.90 Å². The SMILES string of the molecule is Cc1cc(N(CC(=O)O)CC(=O)O)ccc1Br. The van der Waals surface area contributed by atoms with Crippen LogP contribution in [0.1, 0.15) is 5.56 Å². The van der Waals surface area contributed by atoms with Crippen molar-refractivity contribution in [3.8, 4) is 0 Å². The van der Waals surface area contributed by atoms with E-state index in [0.717, 1.165) is 10.0 Å². The first-order valence-corrected chi connectivity index (χ1v) is 5.64. The lowest BCUT2D eigenvalue weighted by molar-refractivity contribution is -0.136. The zero-order chi connectivity index (χ0) is 13.0. The maximum absolute atomic E-state index is 10.7. The van der Waals surface area contributed by atoms with Gasteiger partial charge in [-0.25, -0.2) is 0 Å². The van der Waals surface area contributed by atoms with Crippen LogP contribution in [0.2, 0.25) is 0 Å². The van der Waals surface area contributed by atoms with E-state index in [-0.39, 0.29) is 13.1 Å². The van der Waals surface area contributed by atoms with Crippen molar-refractivity contribution in [2.24, 2.45) is 0 Å². The van der Waals surface area contributed by atoms with Crippen LogP contribution in [0.25, 0.3) is 0 Å². The largest absolute Gasteiger partial charge is 0.480 e. The van der Waals surface area contributed by atoms with Gasteiger partial charge in [-0.3, -0.25) is 9.59 Å². The van der Waals surface area contributed by atoms with Crippen LogP contribution in [0, 0.1) is 6.92 Å². The third-order valence-corrected chi connectivity index (χ3v) is 3.05. The summed E-state index contributed by atoms with van der Waals surface area (Å²) < 4.78 is 0.895. The lowest BCUT2D eigenvalue weighted by atomic mass is 10.2. The molecule has 92 valence electrons. The van der Waals surface area contributed by atoms with Gasteiger partial charge in [0.1, 0.15) is 13.1 Å². The molecule has 0 aliphatic carbocycles. The van der Waals surface area contributed by atoms with Crippen molar-refractivity contribution in [1.82, 2.24) is 0 Å². The van der Waals surface area contributed by atoms with Gasteiger partial charge in [0, 0.05) is 10.2 Å². The van der Waals surface area contributed by atoms with Gasteiger partial charge in [-0.2, -0.15) is 0 Å². The van der Waals surface area contributed by atoms with E-state index in [4.69, 9.17) is 10.2 Å². The Hall–Kier alpha value is -1.56. The second kappa shape index (κ2) is 5.67. The molecule has 5 nitrogen and oxygen atoms in total. The summed E-state index contributed by atoms with van der Waals surface area (Å²) in [7, 11) is 0. The van der Waals surface area contributed by atoms with Gasteiger partial charge in [0.2, 0.25) is 0 Å². The molecule has 0 heterocycles. The minimum absolute atomic E-state index is 0.340. The smallest absolute Gasteiger partial charge is 0.323 e. The highest BCUT2D eigenvalue weighted by atomic mass is 79.9. The number of nitrogens with zero attached hydrogens (tertiary/aromatic N) is 1. The van der Waals surface area contributed by atoms with Crippen molar-refractivity contribution in [3.05, 3.63) is 28.2 Å². The molecule has 0 unspecified atom stereocenters. The standard InChI is InChI=1S/C11H12BrNO4/c1-7-4-8(2-3-9(7)12)13(5-10(14)15)6-11(16)17/h2-4H,5-6H2,1H3,(H,14,15)(H,16,17). The number of hydrogen-bond donors (Lipinski definition) is 2. The molecule has 0 amide bonds. The normalized spacial score (nSPS) is 10.0. The number of hydrogen-bond acceptors (Lipinski definition) is 3. The summed E-state index contributed by atoms with van der Waals surface area (Å²) in [6, 6.07) is 5.19. The van der Waals surface area contributed by atoms with Crippen molar-refractivity contribution in [2.45, 2.75) is 6.92 Å². The number of carboxylic acid groups (broad SMARTS) is 2. The van der Waals surface area contributed by atoms with E-state index in [9.17, 15) is 9.59 Å². The van der Waals surface area contributed by atoms with Gasteiger partial charge in [0.25, 0.3) is 0 Å². The zero-order valence-electron chi connectivity index (χ0n) is 9.18. The molecule has 0 saturated carbocycles. The maximum Gasteiger partial charge on any atom is 0.323 e. The maximum atomic E-state index is 10.7. The average molecular weight is 302 g/mol. The van der Waals surface area contributed by atoms with Gasteiger partial charge in [-0.05, 0) is 30.7 Å². The van der Waals surface area contributed by atoms with E-state index in [1.54, 1.807) is 18.2 Å². The van der Waals surface area contributed by atoms with Crippen LogP contribution >= 0.6 is 15.9 Å². The second-order valence-electron chi connectivity index (χ2n) is 3.58. The fourth-order valence-corrected chi connectivity index (χ4v) is 1.64. The number of aliphatic carboxylic acids is 2. The number of rotatable bonds is 5. The Labute approximate surface area is 107 Å². The Morgan fingerprint density at radius 2 is 1.76 bits per heavy atom. The molecular weight excluding hydrogens is 290 g/mol. The Morgan fingerprint density at radius 3 is 2.18 bits per heavy atom. The van der Waals surface area contributed by atoms with E-state index in [0.29, 0.717) is 5.69 Å². The first-order chi connectivity index (χ1) is 7.90. The Bertz CT molecular complexity index is 431. The summed E-state index contributed by atoms with van der Waals surface area (Å²) in [5.41, 5.74) is 1.50. The molecule has 17 heavy (non-hydrogen) atoms. The summed E-state index contributed by atoms with van der Waals surface area (Å²) in [6.45, 7) is 1.17. The molecular formula is C11H12BrNO4. The van der Waals surface area contributed by atoms with Gasteiger partial charge < -0.3 is 15.1 Å². The fraction of sp³-hybridized carbons (Fsp3) is 0.273. The number of carboxylic acids is 2. The summed E-state index contributed by atoms with van der Waals surface area (Å²) >= 11 is 3.33. The molecule has 0 radical (unpaired) electrons. The number of halogens is 1. The number of anilines is 1. The number of benzene rings is 1. The summed E-state index contributed by atoms with van der Waals surface area (Å²) in [4.78, 5) is 22.6. The number of carbonyl (C=O) groups is 2.